The highest BCUT2D eigenvalue weighted by atomic mass is 19.4. The molecule has 286 valence electrons. The number of nitriles is 3. The summed E-state index contributed by atoms with van der Waals surface area (Å²) in [6, 6.07) is 2.60. The number of hydrogen-bond acceptors (Lipinski definition) is 4. The largest absolute Gasteiger partial charge is 0.411 e. The smallest absolute Gasteiger partial charge is 0.295 e. The van der Waals surface area contributed by atoms with Crippen LogP contribution in [0.1, 0.15) is 11.1 Å². The average molecular weight is 810 g/mol. The molecule has 56 heavy (non-hydrogen) atoms. The Morgan fingerprint density at radius 2 is 0.839 bits per heavy atom. The normalized spacial score (nSPS) is 14.3. The predicted octanol–water partition coefficient (Wildman–Crippen LogP) is 8.40. The second-order valence-electron chi connectivity index (χ2n) is 11.5. The van der Waals surface area contributed by atoms with Crippen molar-refractivity contribution in [2.45, 2.75) is 17.8 Å². The van der Waals surface area contributed by atoms with Gasteiger partial charge < -0.3 is 0 Å². The minimum absolute atomic E-state index is 0.115. The van der Waals surface area contributed by atoms with Crippen LogP contribution in [0, 0.1) is 114 Å². The number of hydrogen-bond donors (Lipinski definition) is 0. The average Bonchev–Trinajstić information content (AvgIpc) is 3.46. The van der Waals surface area contributed by atoms with Gasteiger partial charge in [-0.05, 0) is 0 Å². The highest BCUT2D eigenvalue weighted by molar-refractivity contribution is 6.10. The third-order valence-electron chi connectivity index (χ3n) is 9.00. The Kier molecular flexibility index (Phi) is 8.58. The first-order valence-electron chi connectivity index (χ1n) is 14.3. The van der Waals surface area contributed by atoms with E-state index < -0.39 is 163 Å². The van der Waals surface area contributed by atoms with Crippen molar-refractivity contribution in [2.75, 3.05) is 7.05 Å². The Morgan fingerprint density at radius 1 is 0.464 bits per heavy atom. The van der Waals surface area contributed by atoms with Gasteiger partial charge in [0.1, 0.15) is 58.7 Å². The van der Waals surface area contributed by atoms with Crippen LogP contribution in [0.15, 0.2) is 4.99 Å². The van der Waals surface area contributed by atoms with Crippen molar-refractivity contribution in [3.8, 4) is 18.2 Å². The zero-order chi connectivity index (χ0) is 42.0. The van der Waals surface area contributed by atoms with Gasteiger partial charge in [0, 0.05) is 40.2 Å². The molecule has 0 bridgehead atoms. The lowest BCUT2D eigenvalue weighted by atomic mass is 9.73. The number of halogens is 18. The molecule has 0 fully saturated rings. The lowest BCUT2D eigenvalue weighted by Gasteiger charge is -2.37. The van der Waals surface area contributed by atoms with E-state index in [1.54, 1.807) is 0 Å². The minimum Gasteiger partial charge on any atom is -0.295 e. The second-order valence-corrected chi connectivity index (χ2v) is 11.5. The molecule has 0 amide bonds. The van der Waals surface area contributed by atoms with Crippen LogP contribution in [0.5, 0.6) is 0 Å². The van der Waals surface area contributed by atoms with Gasteiger partial charge in [-0.3, -0.25) is 4.99 Å². The van der Waals surface area contributed by atoms with E-state index in [1.807, 2.05) is 0 Å². The number of nitrogens with zero attached hydrogens (tertiary/aromatic N) is 4. The van der Waals surface area contributed by atoms with E-state index in [1.165, 1.54) is 0 Å². The number of aliphatic imine (C=N–C) groups is 1. The SMILES string of the molecule is C/N=C/C(C#N)=c1/c(F)c(F)c2c(c1F)C(C(F)(F)F)(C(F)(F)F)c1c=2c(F)c(F)c2c(F)c3c(F)c4c(F)c(=C(C#N)C#N)c(F)c(F)c4c(F)c3c(F)c12. The summed E-state index contributed by atoms with van der Waals surface area (Å²) in [7, 11) is 0.751. The zero-order valence-corrected chi connectivity index (χ0v) is 26.2. The van der Waals surface area contributed by atoms with Gasteiger partial charge in [-0.2, -0.15) is 42.1 Å². The van der Waals surface area contributed by atoms with Crippen LogP contribution in [-0.4, -0.2) is 25.6 Å². The van der Waals surface area contributed by atoms with Crippen LogP contribution in [-0.2, 0) is 5.41 Å². The van der Waals surface area contributed by atoms with Crippen molar-refractivity contribution in [1.82, 2.24) is 0 Å². The maximum atomic E-state index is 16.7. The van der Waals surface area contributed by atoms with Crippen molar-refractivity contribution in [3.63, 3.8) is 0 Å². The van der Waals surface area contributed by atoms with Crippen LogP contribution in [0.4, 0.5) is 79.0 Å². The van der Waals surface area contributed by atoms with Crippen molar-refractivity contribution in [1.29, 1.82) is 15.8 Å². The first-order chi connectivity index (χ1) is 26.0. The molecule has 0 unspecified atom stereocenters. The van der Waals surface area contributed by atoms with Crippen LogP contribution in [0.25, 0.3) is 43.5 Å². The number of benzene rings is 5. The lowest BCUT2D eigenvalue weighted by Crippen LogP contribution is -2.55. The minimum atomic E-state index is -7.30. The van der Waals surface area contributed by atoms with Crippen molar-refractivity contribution in [2.24, 2.45) is 4.99 Å². The quantitative estimate of drug-likeness (QED) is 0.0739. The van der Waals surface area contributed by atoms with Crippen LogP contribution < -0.4 is 10.4 Å². The number of rotatable bonds is 1. The molecule has 0 atom stereocenters. The topological polar surface area (TPSA) is 83.7 Å². The highest BCUT2D eigenvalue weighted by Gasteiger charge is 2.76. The summed E-state index contributed by atoms with van der Waals surface area (Å²) in [6.07, 6.45) is -14.5. The molecule has 1 aliphatic carbocycles. The maximum Gasteiger partial charge on any atom is 0.411 e. The fourth-order valence-corrected chi connectivity index (χ4v) is 6.90. The fourth-order valence-electron chi connectivity index (χ4n) is 6.90. The summed E-state index contributed by atoms with van der Waals surface area (Å²) >= 11 is 0. The first kappa shape index (κ1) is 39.2. The Morgan fingerprint density at radius 3 is 1.29 bits per heavy atom. The standard InChI is InChI=1S/C34H4F18N4/c1-56-5-7(4-55)9-25(40)19-11(29(44)27(9)42)10-18(32(19,33(47,48)49)34(50,51)52)12-13(30(45)28(10)43)22(37)15-14(21(12)36)24(39)17-16(23(15)38)20(35)8(6(2-53)3-54)26(41)31(17)46/h5H,1H3/b9-7+,56-5+. The lowest BCUT2D eigenvalue weighted by molar-refractivity contribution is -0.288. The van der Waals surface area contributed by atoms with Gasteiger partial charge in [0.2, 0.25) is 5.41 Å². The van der Waals surface area contributed by atoms with Crippen molar-refractivity contribution >= 4 is 49.7 Å². The van der Waals surface area contributed by atoms with E-state index in [4.69, 9.17) is 10.5 Å². The molecule has 0 N–H and O–H groups in total. The summed E-state index contributed by atoms with van der Waals surface area (Å²) in [5, 5.41) is 1.77. The third-order valence-corrected chi connectivity index (χ3v) is 9.00. The summed E-state index contributed by atoms with van der Waals surface area (Å²) in [6.45, 7) is 0. The van der Waals surface area contributed by atoms with Crippen LogP contribution in [0.2, 0.25) is 0 Å². The molecule has 4 nitrogen and oxygen atoms in total. The van der Waals surface area contributed by atoms with Gasteiger partial charge in [0.05, 0.1) is 42.9 Å². The fraction of sp³-hybridized carbons (Fsp3) is 0.118. The van der Waals surface area contributed by atoms with Gasteiger partial charge in [-0.1, -0.05) is 0 Å². The molecule has 5 aromatic carbocycles. The molecule has 5 aromatic rings. The molecular weight excluding hydrogens is 806 g/mol. The zero-order valence-electron chi connectivity index (χ0n) is 26.2. The van der Waals surface area contributed by atoms with Crippen LogP contribution >= 0.6 is 0 Å². The molecule has 0 radical (unpaired) electrons. The van der Waals surface area contributed by atoms with Crippen molar-refractivity contribution in [3.05, 3.63) is 102 Å². The summed E-state index contributed by atoms with van der Waals surface area (Å²) in [5.74, 6) is -35.7. The summed E-state index contributed by atoms with van der Waals surface area (Å²) in [4.78, 5) is 3.10. The number of fused-ring (bicyclic) bond motifs is 6. The van der Waals surface area contributed by atoms with E-state index in [9.17, 15) is 9.65 Å². The first-order valence-corrected chi connectivity index (χ1v) is 14.3. The molecular formula is C34H4F18N4. The highest BCUT2D eigenvalue weighted by Crippen LogP contribution is 2.62. The summed E-state index contributed by atoms with van der Waals surface area (Å²) in [5.41, 5.74) is -16.2. The molecule has 1 aliphatic rings. The Balaban J connectivity index is 2.12. The Hall–Kier alpha value is -6.50. The van der Waals surface area contributed by atoms with Gasteiger partial charge in [-0.15, -0.1) is 0 Å². The molecule has 0 aliphatic heterocycles. The van der Waals surface area contributed by atoms with E-state index in [2.05, 4.69) is 4.99 Å². The Labute approximate surface area is 294 Å². The van der Waals surface area contributed by atoms with Gasteiger partial charge in [0.25, 0.3) is 0 Å². The van der Waals surface area contributed by atoms with Crippen LogP contribution in [0.3, 0.4) is 0 Å². The second kappa shape index (κ2) is 12.3. The molecule has 0 aromatic heterocycles. The van der Waals surface area contributed by atoms with Gasteiger partial charge in [0.15, 0.2) is 34.9 Å². The van der Waals surface area contributed by atoms with E-state index in [0.29, 0.717) is 0 Å². The van der Waals surface area contributed by atoms with Gasteiger partial charge >= 0.3 is 12.4 Å². The molecule has 0 heterocycles. The molecule has 0 saturated carbocycles. The molecule has 22 heteroatoms. The Bertz CT molecular complexity index is 3100. The van der Waals surface area contributed by atoms with Gasteiger partial charge in [-0.25, -0.2) is 52.7 Å². The van der Waals surface area contributed by atoms with E-state index >= 15 is 74.6 Å². The van der Waals surface area contributed by atoms with E-state index in [-0.39, 0.29) is 6.21 Å². The van der Waals surface area contributed by atoms with Crippen molar-refractivity contribution < 1.29 is 79.0 Å². The third kappa shape index (κ3) is 4.42. The monoisotopic (exact) mass is 810 g/mol. The summed E-state index contributed by atoms with van der Waals surface area (Å²) < 4.78 is 282. The molecule has 0 spiro atoms. The predicted molar refractivity (Wildman–Crippen MR) is 153 cm³/mol. The number of alkyl halides is 6. The maximum absolute atomic E-state index is 16.7. The molecule has 6 rings (SSSR count). The molecule has 0 saturated heterocycles. The van der Waals surface area contributed by atoms with E-state index in [0.717, 1.165) is 25.3 Å².